The molecule has 1 aliphatic rings. The number of amides is 4. The summed E-state index contributed by atoms with van der Waals surface area (Å²) >= 11 is 0. The number of benzene rings is 1. The summed E-state index contributed by atoms with van der Waals surface area (Å²) in [5.74, 6) is -1.93. The van der Waals surface area contributed by atoms with E-state index in [0.717, 1.165) is 4.90 Å². The summed E-state index contributed by atoms with van der Waals surface area (Å²) in [7, 11) is 0. The van der Waals surface area contributed by atoms with E-state index in [1.54, 1.807) is 30.3 Å². The summed E-state index contributed by atoms with van der Waals surface area (Å²) in [5.41, 5.74) is 0.567. The second kappa shape index (κ2) is 7.37. The standard InChI is InChI=1S/C16H16N4O4/c1-10(14(22)19-9-8-18-13(21)6-7-17)20-15(23)11-4-2-3-5-12(11)16(20)24/h2-5,10H,6,8-9H2,1H3,(H,18,21)(H,19,22). The second-order valence-electron chi connectivity index (χ2n) is 5.18. The molecule has 0 fully saturated rings. The Labute approximate surface area is 138 Å². The number of carbonyl (C=O) groups is 4. The first-order valence-electron chi connectivity index (χ1n) is 7.35. The minimum atomic E-state index is -0.966. The zero-order valence-electron chi connectivity index (χ0n) is 13.0. The zero-order chi connectivity index (χ0) is 17.7. The lowest BCUT2D eigenvalue weighted by atomic mass is 10.1. The number of imide groups is 1. The SMILES string of the molecule is CC(C(=O)NCCNC(=O)CC#N)N1C(=O)c2ccccc2C1=O. The summed E-state index contributed by atoms with van der Waals surface area (Å²) in [5, 5.41) is 13.3. The highest BCUT2D eigenvalue weighted by atomic mass is 16.2. The Morgan fingerprint density at radius 1 is 1.12 bits per heavy atom. The molecule has 1 unspecified atom stereocenters. The number of nitrogens with one attached hydrogen (secondary N) is 2. The zero-order valence-corrected chi connectivity index (χ0v) is 13.0. The Hall–Kier alpha value is -3.21. The molecule has 8 heteroatoms. The van der Waals surface area contributed by atoms with Crippen molar-refractivity contribution in [3.8, 4) is 6.07 Å². The van der Waals surface area contributed by atoms with E-state index in [0.29, 0.717) is 0 Å². The molecule has 0 bridgehead atoms. The molecule has 1 aromatic carbocycles. The molecule has 1 aromatic rings. The lowest BCUT2D eigenvalue weighted by molar-refractivity contribution is -0.125. The summed E-state index contributed by atoms with van der Waals surface area (Å²) in [6.07, 6.45) is -0.251. The molecule has 2 N–H and O–H groups in total. The molecule has 0 aliphatic carbocycles. The molecule has 0 saturated carbocycles. The Morgan fingerprint density at radius 2 is 1.67 bits per heavy atom. The fraction of sp³-hybridized carbons (Fsp3) is 0.312. The summed E-state index contributed by atoms with van der Waals surface area (Å²) in [6, 6.07) is 7.15. The molecular weight excluding hydrogens is 312 g/mol. The average molecular weight is 328 g/mol. The molecule has 0 aromatic heterocycles. The van der Waals surface area contributed by atoms with E-state index in [4.69, 9.17) is 5.26 Å². The predicted octanol–water partition coefficient (Wildman–Crippen LogP) is -0.183. The number of nitriles is 1. The van der Waals surface area contributed by atoms with Crippen LogP contribution in [0.1, 0.15) is 34.1 Å². The minimum Gasteiger partial charge on any atom is -0.353 e. The molecule has 0 spiro atoms. The molecule has 24 heavy (non-hydrogen) atoms. The van der Waals surface area contributed by atoms with Crippen LogP contribution >= 0.6 is 0 Å². The molecule has 1 aliphatic heterocycles. The van der Waals surface area contributed by atoms with Crippen LogP contribution in [-0.2, 0) is 9.59 Å². The Bertz CT molecular complexity index is 703. The van der Waals surface area contributed by atoms with E-state index in [1.807, 2.05) is 0 Å². The van der Waals surface area contributed by atoms with Crippen LogP contribution in [-0.4, -0.2) is 47.7 Å². The smallest absolute Gasteiger partial charge is 0.262 e. The van der Waals surface area contributed by atoms with E-state index in [-0.39, 0.29) is 30.6 Å². The molecule has 124 valence electrons. The molecule has 2 rings (SSSR count). The van der Waals surface area contributed by atoms with Gasteiger partial charge in [0, 0.05) is 13.1 Å². The average Bonchev–Trinajstić information content (AvgIpc) is 2.83. The largest absolute Gasteiger partial charge is 0.353 e. The second-order valence-corrected chi connectivity index (χ2v) is 5.18. The first-order valence-corrected chi connectivity index (χ1v) is 7.35. The van der Waals surface area contributed by atoms with E-state index in [9.17, 15) is 19.2 Å². The van der Waals surface area contributed by atoms with E-state index in [1.165, 1.54) is 6.92 Å². The first kappa shape index (κ1) is 17.1. The normalized spacial score (nSPS) is 13.9. The molecule has 8 nitrogen and oxygen atoms in total. The maximum atomic E-state index is 12.3. The Morgan fingerprint density at radius 3 is 2.21 bits per heavy atom. The van der Waals surface area contributed by atoms with Gasteiger partial charge in [-0.05, 0) is 19.1 Å². The van der Waals surface area contributed by atoms with Crippen LogP contribution in [0.15, 0.2) is 24.3 Å². The number of fused-ring (bicyclic) bond motifs is 1. The van der Waals surface area contributed by atoms with Crippen LogP contribution in [0.3, 0.4) is 0 Å². The molecule has 0 saturated heterocycles. The van der Waals surface area contributed by atoms with Crippen molar-refractivity contribution in [2.75, 3.05) is 13.1 Å². The van der Waals surface area contributed by atoms with Crippen molar-refractivity contribution in [3.63, 3.8) is 0 Å². The van der Waals surface area contributed by atoms with Crippen molar-refractivity contribution in [2.45, 2.75) is 19.4 Å². The van der Waals surface area contributed by atoms with Crippen molar-refractivity contribution >= 4 is 23.6 Å². The van der Waals surface area contributed by atoms with Crippen LogP contribution < -0.4 is 10.6 Å². The number of hydrogen-bond donors (Lipinski definition) is 2. The summed E-state index contributed by atoms with van der Waals surface area (Å²) in [4.78, 5) is 48.7. The third-order valence-electron chi connectivity index (χ3n) is 3.58. The van der Waals surface area contributed by atoms with Gasteiger partial charge >= 0.3 is 0 Å². The highest BCUT2D eigenvalue weighted by molar-refractivity contribution is 6.22. The molecular formula is C16H16N4O4. The predicted molar refractivity (Wildman–Crippen MR) is 82.7 cm³/mol. The van der Waals surface area contributed by atoms with Crippen molar-refractivity contribution in [3.05, 3.63) is 35.4 Å². The van der Waals surface area contributed by atoms with Crippen LogP contribution in [0.2, 0.25) is 0 Å². The van der Waals surface area contributed by atoms with Gasteiger partial charge in [-0.15, -0.1) is 0 Å². The molecule has 1 atom stereocenters. The van der Waals surface area contributed by atoms with Crippen molar-refractivity contribution in [1.82, 2.24) is 15.5 Å². The maximum absolute atomic E-state index is 12.3. The van der Waals surface area contributed by atoms with Crippen molar-refractivity contribution < 1.29 is 19.2 Å². The fourth-order valence-corrected chi connectivity index (χ4v) is 2.35. The lowest BCUT2D eigenvalue weighted by Gasteiger charge is -2.21. The molecule has 0 radical (unpaired) electrons. The van der Waals surface area contributed by atoms with Crippen LogP contribution in [0.25, 0.3) is 0 Å². The van der Waals surface area contributed by atoms with Crippen LogP contribution in [0.4, 0.5) is 0 Å². The van der Waals surface area contributed by atoms with Gasteiger partial charge in [-0.3, -0.25) is 24.1 Å². The lowest BCUT2D eigenvalue weighted by Crippen LogP contribution is -2.49. The first-order chi connectivity index (χ1) is 11.5. The number of rotatable bonds is 6. The monoisotopic (exact) mass is 328 g/mol. The van der Waals surface area contributed by atoms with E-state index >= 15 is 0 Å². The number of carbonyl (C=O) groups excluding carboxylic acids is 4. The van der Waals surface area contributed by atoms with Crippen LogP contribution in [0.5, 0.6) is 0 Å². The maximum Gasteiger partial charge on any atom is 0.262 e. The number of hydrogen-bond acceptors (Lipinski definition) is 5. The van der Waals surface area contributed by atoms with Gasteiger partial charge < -0.3 is 10.6 Å². The summed E-state index contributed by atoms with van der Waals surface area (Å²) in [6.45, 7) is 1.75. The van der Waals surface area contributed by atoms with Gasteiger partial charge in [-0.25, -0.2) is 0 Å². The highest BCUT2D eigenvalue weighted by Gasteiger charge is 2.40. The summed E-state index contributed by atoms with van der Waals surface area (Å²) < 4.78 is 0. The third-order valence-corrected chi connectivity index (χ3v) is 3.58. The Balaban J connectivity index is 1.90. The van der Waals surface area contributed by atoms with Gasteiger partial charge in [0.2, 0.25) is 11.8 Å². The van der Waals surface area contributed by atoms with Gasteiger partial charge in [0.1, 0.15) is 12.5 Å². The van der Waals surface area contributed by atoms with Crippen molar-refractivity contribution in [2.24, 2.45) is 0 Å². The van der Waals surface area contributed by atoms with Crippen molar-refractivity contribution in [1.29, 1.82) is 5.26 Å². The van der Waals surface area contributed by atoms with Crippen LogP contribution in [0, 0.1) is 11.3 Å². The number of nitrogens with zero attached hydrogens (tertiary/aromatic N) is 2. The van der Waals surface area contributed by atoms with E-state index < -0.39 is 29.7 Å². The van der Waals surface area contributed by atoms with Gasteiger partial charge in [0.05, 0.1) is 17.2 Å². The van der Waals surface area contributed by atoms with Gasteiger partial charge in [0.25, 0.3) is 11.8 Å². The third kappa shape index (κ3) is 3.41. The van der Waals surface area contributed by atoms with E-state index in [2.05, 4.69) is 10.6 Å². The Kier molecular flexibility index (Phi) is 5.27. The van der Waals surface area contributed by atoms with Gasteiger partial charge in [0.15, 0.2) is 0 Å². The molecule has 4 amide bonds. The molecule has 1 heterocycles. The topological polar surface area (TPSA) is 119 Å². The highest BCUT2D eigenvalue weighted by Crippen LogP contribution is 2.24. The minimum absolute atomic E-state index is 0.128. The van der Waals surface area contributed by atoms with Gasteiger partial charge in [-0.2, -0.15) is 5.26 Å². The quantitative estimate of drug-likeness (QED) is 0.554. The fourth-order valence-electron chi connectivity index (χ4n) is 2.35. The van der Waals surface area contributed by atoms with Gasteiger partial charge in [-0.1, -0.05) is 12.1 Å².